The molecule has 2 aliphatic rings. The minimum absolute atomic E-state index is 0.154. The molecule has 1 saturated carbocycles. The van der Waals surface area contributed by atoms with Crippen molar-refractivity contribution in [2.24, 2.45) is 5.41 Å². The average molecular weight is 415 g/mol. The van der Waals surface area contributed by atoms with Crippen molar-refractivity contribution < 1.29 is 8.42 Å². The number of hydrogen-bond acceptors (Lipinski definition) is 7. The summed E-state index contributed by atoms with van der Waals surface area (Å²) in [6, 6.07) is 3.85. The normalized spacial score (nSPS) is 17.6. The summed E-state index contributed by atoms with van der Waals surface area (Å²) in [5, 5.41) is 4.63. The lowest BCUT2D eigenvalue weighted by molar-refractivity contribution is 0.560. The molecule has 1 fully saturated rings. The van der Waals surface area contributed by atoms with Crippen molar-refractivity contribution in [1.29, 1.82) is 0 Å². The van der Waals surface area contributed by atoms with Crippen LogP contribution in [-0.4, -0.2) is 41.9 Å². The van der Waals surface area contributed by atoms with Gasteiger partial charge < -0.3 is 5.32 Å². The van der Waals surface area contributed by atoms with Crippen LogP contribution in [0, 0.1) is 5.41 Å². The van der Waals surface area contributed by atoms with Gasteiger partial charge >= 0.3 is 0 Å². The van der Waals surface area contributed by atoms with Gasteiger partial charge in [0.25, 0.3) is 0 Å². The van der Waals surface area contributed by atoms with Gasteiger partial charge in [-0.2, -0.15) is 0 Å². The van der Waals surface area contributed by atoms with Crippen LogP contribution >= 0.6 is 11.3 Å². The van der Waals surface area contributed by atoms with Crippen LogP contribution in [0.4, 0.5) is 5.82 Å². The fraction of sp³-hybridized carbons (Fsp3) is 0.450. The number of sulfone groups is 1. The number of thiophene rings is 1. The summed E-state index contributed by atoms with van der Waals surface area (Å²) < 4.78 is 23.6. The second kappa shape index (κ2) is 6.49. The van der Waals surface area contributed by atoms with Crippen LogP contribution in [0.2, 0.25) is 0 Å². The van der Waals surface area contributed by atoms with Crippen molar-refractivity contribution in [3.8, 4) is 11.4 Å². The summed E-state index contributed by atoms with van der Waals surface area (Å²) in [5.74, 6) is 1.73. The summed E-state index contributed by atoms with van der Waals surface area (Å²) in [5.41, 5.74) is 2.10. The Balaban J connectivity index is 1.54. The van der Waals surface area contributed by atoms with Gasteiger partial charge in [0.05, 0.1) is 11.1 Å². The monoisotopic (exact) mass is 414 g/mol. The number of hydrogen-bond donors (Lipinski definition) is 1. The van der Waals surface area contributed by atoms with Gasteiger partial charge in [-0.3, -0.25) is 4.98 Å². The number of pyridine rings is 1. The van der Waals surface area contributed by atoms with E-state index in [1.54, 1.807) is 23.7 Å². The first-order chi connectivity index (χ1) is 13.4. The summed E-state index contributed by atoms with van der Waals surface area (Å²) in [7, 11) is -3.00. The first-order valence-corrected chi connectivity index (χ1v) is 12.4. The van der Waals surface area contributed by atoms with Gasteiger partial charge in [0.1, 0.15) is 20.5 Å². The molecule has 146 valence electrons. The molecule has 2 aliphatic carbocycles. The maximum absolute atomic E-state index is 11.8. The van der Waals surface area contributed by atoms with Crippen molar-refractivity contribution in [1.82, 2.24) is 15.0 Å². The molecule has 0 unspecified atom stereocenters. The number of nitrogens with one attached hydrogen (secondary N) is 1. The molecule has 0 aromatic carbocycles. The van der Waals surface area contributed by atoms with E-state index >= 15 is 0 Å². The van der Waals surface area contributed by atoms with Gasteiger partial charge in [0.15, 0.2) is 5.82 Å². The Kier molecular flexibility index (Phi) is 4.17. The lowest BCUT2D eigenvalue weighted by atomic mass is 10.1. The Morgan fingerprint density at radius 1 is 1.25 bits per heavy atom. The average Bonchev–Trinajstić information content (AvgIpc) is 3.09. The first-order valence-electron chi connectivity index (χ1n) is 9.57. The zero-order valence-corrected chi connectivity index (χ0v) is 17.4. The molecule has 1 N–H and O–H groups in total. The number of fused-ring (bicyclic) bond motifs is 3. The topological polar surface area (TPSA) is 84.8 Å². The Labute approximate surface area is 168 Å². The summed E-state index contributed by atoms with van der Waals surface area (Å²) in [6.45, 7) is 0.628. The van der Waals surface area contributed by atoms with E-state index in [9.17, 15) is 8.42 Å². The van der Waals surface area contributed by atoms with Crippen LogP contribution in [0.5, 0.6) is 0 Å². The SMILES string of the molecule is CS(=O)(=O)CC1(CNc2nc(-c3cccnc3)nc3sc4c(c23)CCC4)CC1. The fourth-order valence-corrected chi connectivity index (χ4v) is 6.89. The van der Waals surface area contributed by atoms with E-state index in [4.69, 9.17) is 9.97 Å². The molecule has 0 amide bonds. The molecule has 0 spiro atoms. The van der Waals surface area contributed by atoms with Crippen molar-refractivity contribution in [3.05, 3.63) is 35.0 Å². The Bertz CT molecular complexity index is 1150. The van der Waals surface area contributed by atoms with Crippen molar-refractivity contribution >= 4 is 37.2 Å². The van der Waals surface area contributed by atoms with Crippen LogP contribution < -0.4 is 5.32 Å². The first kappa shape index (κ1) is 18.0. The predicted molar refractivity (Wildman–Crippen MR) is 113 cm³/mol. The van der Waals surface area contributed by atoms with E-state index in [1.165, 1.54) is 23.1 Å². The fourth-order valence-electron chi connectivity index (χ4n) is 4.12. The zero-order chi connectivity index (χ0) is 19.4. The minimum atomic E-state index is -3.00. The second-order valence-corrected chi connectivity index (χ2v) is 11.3. The maximum atomic E-state index is 11.8. The Hall–Kier alpha value is -2.06. The van der Waals surface area contributed by atoms with Crippen LogP contribution in [0.3, 0.4) is 0 Å². The maximum Gasteiger partial charge on any atom is 0.164 e. The molecule has 5 rings (SSSR count). The molecule has 6 nitrogen and oxygen atoms in total. The molecule has 3 aromatic rings. The smallest absolute Gasteiger partial charge is 0.164 e. The number of anilines is 1. The van der Waals surface area contributed by atoms with E-state index in [2.05, 4.69) is 10.3 Å². The Morgan fingerprint density at radius 2 is 2.11 bits per heavy atom. The quantitative estimate of drug-likeness (QED) is 0.665. The van der Waals surface area contributed by atoms with Gasteiger partial charge in [0, 0.05) is 41.0 Å². The molecule has 0 bridgehead atoms. The molecule has 3 heterocycles. The molecule has 0 aliphatic heterocycles. The zero-order valence-electron chi connectivity index (χ0n) is 15.7. The lowest BCUT2D eigenvalue weighted by Crippen LogP contribution is -2.24. The van der Waals surface area contributed by atoms with Crippen molar-refractivity contribution in [3.63, 3.8) is 0 Å². The van der Waals surface area contributed by atoms with E-state index < -0.39 is 9.84 Å². The summed E-state index contributed by atoms with van der Waals surface area (Å²) >= 11 is 1.76. The molecular weight excluding hydrogens is 392 g/mol. The largest absolute Gasteiger partial charge is 0.369 e. The summed E-state index contributed by atoms with van der Waals surface area (Å²) in [6.07, 6.45) is 10.1. The Morgan fingerprint density at radius 3 is 2.82 bits per heavy atom. The van der Waals surface area contributed by atoms with Gasteiger partial charge in [-0.25, -0.2) is 18.4 Å². The van der Waals surface area contributed by atoms with Gasteiger partial charge in [-0.1, -0.05) is 0 Å². The third kappa shape index (κ3) is 3.39. The predicted octanol–water partition coefficient (Wildman–Crippen LogP) is 3.48. The highest BCUT2D eigenvalue weighted by Gasteiger charge is 2.45. The third-order valence-electron chi connectivity index (χ3n) is 5.64. The van der Waals surface area contributed by atoms with Crippen molar-refractivity contribution in [2.75, 3.05) is 23.9 Å². The molecular formula is C20H22N4O2S2. The number of rotatable bonds is 6. The third-order valence-corrected chi connectivity index (χ3v) is 7.96. The van der Waals surface area contributed by atoms with Crippen LogP contribution in [0.15, 0.2) is 24.5 Å². The van der Waals surface area contributed by atoms with E-state index in [1.807, 2.05) is 12.1 Å². The molecule has 8 heteroatoms. The van der Waals surface area contributed by atoms with Gasteiger partial charge in [0.2, 0.25) is 0 Å². The standard InChI is InChI=1S/C20H22N4O2S2/c1-28(25,26)12-20(7-8-20)11-22-18-16-14-5-2-6-15(14)27-19(16)24-17(23-18)13-4-3-9-21-10-13/h3-4,9-10H,2,5-8,11-12H2,1H3,(H,22,23,24). The van der Waals surface area contributed by atoms with Crippen molar-refractivity contribution in [2.45, 2.75) is 32.1 Å². The molecule has 28 heavy (non-hydrogen) atoms. The lowest BCUT2D eigenvalue weighted by Gasteiger charge is -2.16. The van der Waals surface area contributed by atoms with E-state index in [-0.39, 0.29) is 11.2 Å². The van der Waals surface area contributed by atoms with Gasteiger partial charge in [-0.05, 0) is 49.8 Å². The second-order valence-electron chi connectivity index (χ2n) is 8.10. The highest BCUT2D eigenvalue weighted by Crippen LogP contribution is 2.47. The highest BCUT2D eigenvalue weighted by molar-refractivity contribution is 7.90. The molecule has 3 aromatic heterocycles. The van der Waals surface area contributed by atoms with Gasteiger partial charge in [-0.15, -0.1) is 11.3 Å². The van der Waals surface area contributed by atoms with E-state index in [0.717, 1.165) is 47.3 Å². The number of aryl methyl sites for hydroxylation is 2. The van der Waals surface area contributed by atoms with Crippen LogP contribution in [0.25, 0.3) is 21.6 Å². The molecule has 0 radical (unpaired) electrons. The molecule has 0 saturated heterocycles. The van der Waals surface area contributed by atoms with E-state index in [0.29, 0.717) is 12.4 Å². The number of nitrogens with zero attached hydrogens (tertiary/aromatic N) is 3. The van der Waals surface area contributed by atoms with Crippen LogP contribution in [-0.2, 0) is 22.7 Å². The summed E-state index contributed by atoms with van der Waals surface area (Å²) in [4.78, 5) is 16.3. The minimum Gasteiger partial charge on any atom is -0.369 e. The highest BCUT2D eigenvalue weighted by atomic mass is 32.2. The van der Waals surface area contributed by atoms with Crippen LogP contribution in [0.1, 0.15) is 29.7 Å². The molecule has 0 atom stereocenters. The number of aromatic nitrogens is 3.